The summed E-state index contributed by atoms with van der Waals surface area (Å²) < 4.78 is 17.3. The highest BCUT2D eigenvalue weighted by Gasteiger charge is 2.27. The van der Waals surface area contributed by atoms with Crippen molar-refractivity contribution in [2.75, 3.05) is 7.11 Å². The lowest BCUT2D eigenvalue weighted by atomic mass is 9.95. The third-order valence-corrected chi connectivity index (χ3v) is 4.95. The number of rotatable bonds is 6. The van der Waals surface area contributed by atoms with Gasteiger partial charge in [0.25, 0.3) is 5.69 Å². The molecular formula is C23H19NO6. The number of methoxy groups -OCH3 is 1. The van der Waals surface area contributed by atoms with E-state index in [1.807, 2.05) is 30.3 Å². The average Bonchev–Trinajstić information content (AvgIpc) is 2.77. The van der Waals surface area contributed by atoms with Crippen molar-refractivity contribution in [3.05, 3.63) is 93.5 Å². The fourth-order valence-electron chi connectivity index (χ4n) is 3.40. The van der Waals surface area contributed by atoms with Crippen LogP contribution in [0.15, 0.2) is 66.7 Å². The van der Waals surface area contributed by atoms with Crippen molar-refractivity contribution in [3.63, 3.8) is 0 Å². The maximum absolute atomic E-state index is 12.5. The van der Waals surface area contributed by atoms with Crippen LogP contribution in [0.1, 0.15) is 34.0 Å². The van der Waals surface area contributed by atoms with Crippen LogP contribution in [0.2, 0.25) is 0 Å². The summed E-state index contributed by atoms with van der Waals surface area (Å²) in [4.78, 5) is 22.8. The molecule has 0 fully saturated rings. The predicted octanol–water partition coefficient (Wildman–Crippen LogP) is 4.89. The zero-order valence-corrected chi connectivity index (χ0v) is 16.2. The highest BCUT2D eigenvalue weighted by atomic mass is 16.6. The highest BCUT2D eigenvalue weighted by Crippen LogP contribution is 2.36. The van der Waals surface area contributed by atoms with Crippen LogP contribution in [0.3, 0.4) is 0 Å². The Morgan fingerprint density at radius 3 is 2.60 bits per heavy atom. The van der Waals surface area contributed by atoms with Crippen LogP contribution in [0.25, 0.3) is 0 Å². The molecule has 3 aromatic carbocycles. The Morgan fingerprint density at radius 1 is 1.10 bits per heavy atom. The molecule has 4 rings (SSSR count). The van der Waals surface area contributed by atoms with Gasteiger partial charge in [-0.05, 0) is 42.0 Å². The normalized spacial score (nSPS) is 15.1. The molecule has 0 saturated carbocycles. The van der Waals surface area contributed by atoms with E-state index < -0.39 is 11.0 Å². The number of fused-ring (bicyclic) bond motifs is 1. The lowest BCUT2D eigenvalue weighted by Gasteiger charge is -2.26. The largest absolute Gasteiger partial charge is 0.496 e. The number of nitro groups is 1. The minimum atomic E-state index is -0.458. The first-order chi connectivity index (χ1) is 14.5. The van der Waals surface area contributed by atoms with Crippen molar-refractivity contribution in [2.24, 2.45) is 0 Å². The average molecular weight is 405 g/mol. The molecular weight excluding hydrogens is 386 g/mol. The number of Topliss-reactive ketones (excluding diaryl/α,β-unsaturated/α-hetero) is 1. The van der Waals surface area contributed by atoms with Crippen LogP contribution in [-0.2, 0) is 6.61 Å². The summed E-state index contributed by atoms with van der Waals surface area (Å²) in [6.07, 6.45) is -0.136. The van der Waals surface area contributed by atoms with Gasteiger partial charge in [0, 0.05) is 17.7 Å². The number of nitro benzene ring substituents is 1. The van der Waals surface area contributed by atoms with Crippen LogP contribution in [-0.4, -0.2) is 17.8 Å². The second-order valence-electron chi connectivity index (χ2n) is 6.84. The number of hydrogen-bond donors (Lipinski definition) is 0. The smallest absolute Gasteiger partial charge is 0.269 e. The molecule has 0 N–H and O–H groups in total. The SMILES string of the molecule is COc1ccc([C@H]2CC(=O)c3ccccc3O2)cc1COc1ccc([N+](=O)[O-])cc1. The summed E-state index contributed by atoms with van der Waals surface area (Å²) >= 11 is 0. The van der Waals surface area contributed by atoms with Crippen LogP contribution in [0.5, 0.6) is 17.2 Å². The van der Waals surface area contributed by atoms with Gasteiger partial charge in [-0.25, -0.2) is 0 Å². The quantitative estimate of drug-likeness (QED) is 0.429. The van der Waals surface area contributed by atoms with E-state index in [1.165, 1.54) is 12.1 Å². The molecule has 0 aliphatic carbocycles. The van der Waals surface area contributed by atoms with Gasteiger partial charge in [-0.3, -0.25) is 14.9 Å². The van der Waals surface area contributed by atoms with Crippen LogP contribution >= 0.6 is 0 Å². The van der Waals surface area contributed by atoms with Crippen molar-refractivity contribution in [3.8, 4) is 17.2 Å². The molecule has 0 aromatic heterocycles. The fraction of sp³-hybridized carbons (Fsp3) is 0.174. The molecule has 0 amide bonds. The summed E-state index contributed by atoms with van der Waals surface area (Å²) in [7, 11) is 1.57. The summed E-state index contributed by atoms with van der Waals surface area (Å²) in [5, 5.41) is 10.8. The Balaban J connectivity index is 1.54. The van der Waals surface area contributed by atoms with E-state index >= 15 is 0 Å². The molecule has 1 aliphatic rings. The van der Waals surface area contributed by atoms with Gasteiger partial charge in [-0.15, -0.1) is 0 Å². The lowest BCUT2D eigenvalue weighted by Crippen LogP contribution is -2.20. The number of nitrogens with zero attached hydrogens (tertiary/aromatic N) is 1. The van der Waals surface area contributed by atoms with Gasteiger partial charge in [-0.1, -0.05) is 18.2 Å². The fourth-order valence-corrected chi connectivity index (χ4v) is 3.40. The summed E-state index contributed by atoms with van der Waals surface area (Å²) in [5.74, 6) is 1.77. The number of benzene rings is 3. The Kier molecular flexibility index (Phi) is 5.34. The highest BCUT2D eigenvalue weighted by molar-refractivity contribution is 5.99. The second-order valence-corrected chi connectivity index (χ2v) is 6.84. The van der Waals surface area contributed by atoms with Crippen molar-refractivity contribution in [2.45, 2.75) is 19.1 Å². The van der Waals surface area contributed by atoms with Crippen LogP contribution in [0, 0.1) is 10.1 Å². The summed E-state index contributed by atoms with van der Waals surface area (Å²) in [5.41, 5.74) is 2.23. The molecule has 1 heterocycles. The van der Waals surface area contributed by atoms with Gasteiger partial charge in [-0.2, -0.15) is 0 Å². The number of carbonyl (C=O) groups is 1. The molecule has 7 heteroatoms. The minimum Gasteiger partial charge on any atom is -0.496 e. The third-order valence-electron chi connectivity index (χ3n) is 4.95. The Labute approximate surface area is 173 Å². The van der Waals surface area contributed by atoms with Crippen molar-refractivity contribution < 1.29 is 23.9 Å². The van der Waals surface area contributed by atoms with E-state index in [2.05, 4.69) is 0 Å². The standard InChI is InChI=1S/C23H19NO6/c1-28-21-11-6-15(23-13-20(25)19-4-2-3-5-22(19)30-23)12-16(21)14-29-18-9-7-17(8-10-18)24(26)27/h2-12,23H,13-14H2,1H3/t23-/m1/s1. The predicted molar refractivity (Wildman–Crippen MR) is 109 cm³/mol. The van der Waals surface area contributed by atoms with E-state index in [-0.39, 0.29) is 24.5 Å². The van der Waals surface area contributed by atoms with Crippen molar-refractivity contribution in [1.82, 2.24) is 0 Å². The number of ketones is 1. The maximum Gasteiger partial charge on any atom is 0.269 e. The van der Waals surface area contributed by atoms with E-state index in [1.54, 1.807) is 31.4 Å². The number of ether oxygens (including phenoxy) is 3. The van der Waals surface area contributed by atoms with Crippen LogP contribution in [0.4, 0.5) is 5.69 Å². The molecule has 1 atom stereocenters. The molecule has 3 aromatic rings. The first-order valence-corrected chi connectivity index (χ1v) is 9.38. The number of carbonyl (C=O) groups excluding carboxylic acids is 1. The molecule has 30 heavy (non-hydrogen) atoms. The number of para-hydroxylation sites is 1. The monoisotopic (exact) mass is 405 g/mol. The van der Waals surface area contributed by atoms with Crippen molar-refractivity contribution >= 4 is 11.5 Å². The number of non-ortho nitro benzene ring substituents is 1. The molecule has 152 valence electrons. The van der Waals surface area contributed by atoms with Gasteiger partial charge in [0.15, 0.2) is 5.78 Å². The Hall–Kier alpha value is -3.87. The number of hydrogen-bond acceptors (Lipinski definition) is 6. The minimum absolute atomic E-state index is 0.00123. The van der Waals surface area contributed by atoms with Crippen molar-refractivity contribution in [1.29, 1.82) is 0 Å². The first-order valence-electron chi connectivity index (χ1n) is 9.38. The maximum atomic E-state index is 12.5. The van der Waals surface area contributed by atoms with Gasteiger partial charge in [0.1, 0.15) is 30.0 Å². The van der Waals surface area contributed by atoms with E-state index in [0.717, 1.165) is 11.1 Å². The van der Waals surface area contributed by atoms with Gasteiger partial charge in [0.2, 0.25) is 0 Å². The van der Waals surface area contributed by atoms with E-state index in [0.29, 0.717) is 22.8 Å². The lowest BCUT2D eigenvalue weighted by molar-refractivity contribution is -0.384. The zero-order chi connectivity index (χ0) is 21.1. The zero-order valence-electron chi connectivity index (χ0n) is 16.2. The molecule has 7 nitrogen and oxygen atoms in total. The first kappa shape index (κ1) is 19.4. The van der Waals surface area contributed by atoms with Gasteiger partial charge >= 0.3 is 0 Å². The molecule has 0 bridgehead atoms. The topological polar surface area (TPSA) is 87.9 Å². The summed E-state index contributed by atoms with van der Waals surface area (Å²) in [6.45, 7) is 0.200. The van der Waals surface area contributed by atoms with E-state index in [9.17, 15) is 14.9 Å². The van der Waals surface area contributed by atoms with Crippen LogP contribution < -0.4 is 14.2 Å². The van der Waals surface area contributed by atoms with Gasteiger partial charge in [0.05, 0.1) is 24.0 Å². The molecule has 0 spiro atoms. The molecule has 0 radical (unpaired) electrons. The van der Waals surface area contributed by atoms with Gasteiger partial charge < -0.3 is 14.2 Å². The molecule has 0 saturated heterocycles. The Bertz CT molecular complexity index is 1090. The Morgan fingerprint density at radius 2 is 1.87 bits per heavy atom. The second kappa shape index (κ2) is 8.24. The van der Waals surface area contributed by atoms with E-state index in [4.69, 9.17) is 14.2 Å². The molecule has 1 aliphatic heterocycles. The summed E-state index contributed by atoms with van der Waals surface area (Å²) in [6, 6.07) is 18.7. The third kappa shape index (κ3) is 3.96. The molecule has 0 unspecified atom stereocenters.